The van der Waals surface area contributed by atoms with Crippen molar-refractivity contribution in [3.8, 4) is 11.5 Å². The van der Waals surface area contributed by atoms with Crippen LogP contribution in [0.3, 0.4) is 0 Å². The van der Waals surface area contributed by atoms with Crippen molar-refractivity contribution >= 4 is 11.8 Å². The zero-order valence-corrected chi connectivity index (χ0v) is 15.8. The maximum atomic E-state index is 12.6. The number of benzene rings is 2. The first kappa shape index (κ1) is 21.4. The molecule has 0 amide bonds. The summed E-state index contributed by atoms with van der Waals surface area (Å²) in [7, 11) is 1.50. The van der Waals surface area contributed by atoms with Crippen LogP contribution in [0.15, 0.2) is 47.4 Å². The number of methoxy groups -OCH3 is 1. The molecule has 1 N–H and O–H groups in total. The second-order valence-electron chi connectivity index (χ2n) is 5.79. The quantitative estimate of drug-likeness (QED) is 0.479. The number of aryl methyl sites for hydroxylation is 1. The normalized spacial score (nSPS) is 12.8. The molecule has 2 aromatic carbocycles. The lowest BCUT2D eigenvalue weighted by Gasteiger charge is -2.18. The van der Waals surface area contributed by atoms with E-state index >= 15 is 0 Å². The Morgan fingerprint density at radius 1 is 1.11 bits per heavy atom. The van der Waals surface area contributed by atoms with Crippen molar-refractivity contribution in [2.45, 2.75) is 24.1 Å². The molecule has 0 bridgehead atoms. The van der Waals surface area contributed by atoms with Gasteiger partial charge in [0.1, 0.15) is 31.0 Å². The molecule has 2 aromatic rings. The summed E-state index contributed by atoms with van der Waals surface area (Å²) in [4.78, 5) is 0.964. The van der Waals surface area contributed by atoms with Crippen LogP contribution in [-0.4, -0.2) is 37.5 Å². The number of thioether (sulfide) groups is 1. The molecule has 0 saturated heterocycles. The average Bonchev–Trinajstić information content (AvgIpc) is 2.63. The Kier molecular flexibility index (Phi) is 7.82. The van der Waals surface area contributed by atoms with Crippen LogP contribution in [0.2, 0.25) is 0 Å². The standard InChI is InChI=1S/C19H21F3O4S/c1-13-9-17(7-8-18(13)23)27-11-16(26-12-24-2)10-25-15-5-3-14(4-6-15)19(20,21)22/h3-9,16,23H,10-12H2,1-2H3/t16-/m0/s1. The summed E-state index contributed by atoms with van der Waals surface area (Å²) in [6.07, 6.45) is -4.70. The first-order chi connectivity index (χ1) is 12.8. The average molecular weight is 402 g/mol. The Labute approximate surface area is 160 Å². The first-order valence-corrected chi connectivity index (χ1v) is 9.11. The van der Waals surface area contributed by atoms with Gasteiger partial charge < -0.3 is 19.3 Å². The number of phenolic OH excluding ortho intramolecular Hbond substituents is 1. The largest absolute Gasteiger partial charge is 0.508 e. The molecule has 0 fully saturated rings. The number of phenols is 1. The van der Waals surface area contributed by atoms with E-state index in [1.165, 1.54) is 31.0 Å². The lowest BCUT2D eigenvalue weighted by molar-refractivity contribution is -0.137. The number of ether oxygens (including phenoxy) is 3. The van der Waals surface area contributed by atoms with E-state index in [0.717, 1.165) is 22.6 Å². The first-order valence-electron chi connectivity index (χ1n) is 8.12. The summed E-state index contributed by atoms with van der Waals surface area (Å²) in [6.45, 7) is 2.06. The van der Waals surface area contributed by atoms with Crippen molar-refractivity contribution in [3.63, 3.8) is 0 Å². The second kappa shape index (κ2) is 9.87. The van der Waals surface area contributed by atoms with E-state index in [-0.39, 0.29) is 25.3 Å². The topological polar surface area (TPSA) is 47.9 Å². The monoisotopic (exact) mass is 402 g/mol. The van der Waals surface area contributed by atoms with Gasteiger partial charge in [0.05, 0.1) is 5.56 Å². The third-order valence-electron chi connectivity index (χ3n) is 3.64. The van der Waals surface area contributed by atoms with Crippen LogP contribution in [0.4, 0.5) is 13.2 Å². The summed E-state index contributed by atoms with van der Waals surface area (Å²) in [5.41, 5.74) is 0.0515. The Bertz CT molecular complexity index is 720. The van der Waals surface area contributed by atoms with E-state index in [0.29, 0.717) is 11.5 Å². The molecule has 0 aliphatic rings. The van der Waals surface area contributed by atoms with Gasteiger partial charge in [0.2, 0.25) is 0 Å². The SMILES string of the molecule is COCO[C@@H](COc1ccc(C(F)(F)F)cc1)CSc1ccc(O)c(C)c1. The number of aromatic hydroxyl groups is 1. The molecule has 4 nitrogen and oxygen atoms in total. The van der Waals surface area contributed by atoms with Gasteiger partial charge in [-0.3, -0.25) is 0 Å². The van der Waals surface area contributed by atoms with Crippen LogP contribution in [0.5, 0.6) is 11.5 Å². The highest BCUT2D eigenvalue weighted by Crippen LogP contribution is 2.30. The number of hydrogen-bond acceptors (Lipinski definition) is 5. The van der Waals surface area contributed by atoms with E-state index in [2.05, 4.69) is 0 Å². The lowest BCUT2D eigenvalue weighted by Crippen LogP contribution is -2.25. The van der Waals surface area contributed by atoms with Gasteiger partial charge in [0.15, 0.2) is 0 Å². The van der Waals surface area contributed by atoms with Gasteiger partial charge in [-0.2, -0.15) is 13.2 Å². The Hall–Kier alpha value is -1.90. The fourth-order valence-corrected chi connectivity index (χ4v) is 3.14. The highest BCUT2D eigenvalue weighted by atomic mass is 32.2. The Morgan fingerprint density at radius 3 is 2.41 bits per heavy atom. The van der Waals surface area contributed by atoms with E-state index in [1.54, 1.807) is 12.1 Å². The lowest BCUT2D eigenvalue weighted by atomic mass is 10.2. The molecule has 0 radical (unpaired) electrons. The van der Waals surface area contributed by atoms with Gasteiger partial charge in [0.25, 0.3) is 0 Å². The van der Waals surface area contributed by atoms with Gasteiger partial charge in [-0.1, -0.05) is 0 Å². The summed E-state index contributed by atoms with van der Waals surface area (Å²) in [5.74, 6) is 1.12. The third kappa shape index (κ3) is 6.97. The number of rotatable bonds is 9. The van der Waals surface area contributed by atoms with Crippen LogP contribution in [-0.2, 0) is 15.7 Å². The molecule has 8 heteroatoms. The fourth-order valence-electron chi connectivity index (χ4n) is 2.14. The summed E-state index contributed by atoms with van der Waals surface area (Å²) >= 11 is 1.52. The Morgan fingerprint density at radius 2 is 1.81 bits per heavy atom. The maximum absolute atomic E-state index is 12.6. The van der Waals surface area contributed by atoms with Crippen molar-refractivity contribution in [3.05, 3.63) is 53.6 Å². The Balaban J connectivity index is 1.92. The van der Waals surface area contributed by atoms with E-state index < -0.39 is 11.7 Å². The second-order valence-corrected chi connectivity index (χ2v) is 6.88. The number of alkyl halides is 3. The summed E-state index contributed by atoms with van der Waals surface area (Å²) in [6, 6.07) is 9.82. The molecule has 0 unspecified atom stereocenters. The fraction of sp³-hybridized carbons (Fsp3) is 0.368. The predicted molar refractivity (Wildman–Crippen MR) is 97.3 cm³/mol. The maximum Gasteiger partial charge on any atom is 0.416 e. The van der Waals surface area contributed by atoms with Crippen LogP contribution < -0.4 is 4.74 Å². The highest BCUT2D eigenvalue weighted by molar-refractivity contribution is 7.99. The van der Waals surface area contributed by atoms with Crippen molar-refractivity contribution < 1.29 is 32.5 Å². The van der Waals surface area contributed by atoms with Crippen LogP contribution >= 0.6 is 11.8 Å². The molecule has 2 rings (SSSR count). The molecule has 0 spiro atoms. The molecule has 27 heavy (non-hydrogen) atoms. The van der Waals surface area contributed by atoms with E-state index in [1.807, 2.05) is 13.0 Å². The third-order valence-corrected chi connectivity index (χ3v) is 4.77. The van der Waals surface area contributed by atoms with Gasteiger partial charge in [-0.15, -0.1) is 11.8 Å². The molecule has 148 valence electrons. The van der Waals surface area contributed by atoms with Gasteiger partial charge >= 0.3 is 6.18 Å². The van der Waals surface area contributed by atoms with Crippen LogP contribution in [0.25, 0.3) is 0 Å². The minimum absolute atomic E-state index is 0.0796. The molecule has 0 heterocycles. The molecular formula is C19H21F3O4S. The van der Waals surface area contributed by atoms with Crippen molar-refractivity contribution in [2.75, 3.05) is 26.3 Å². The van der Waals surface area contributed by atoms with Crippen molar-refractivity contribution in [2.24, 2.45) is 0 Å². The van der Waals surface area contributed by atoms with Crippen molar-refractivity contribution in [1.82, 2.24) is 0 Å². The minimum Gasteiger partial charge on any atom is -0.508 e. The van der Waals surface area contributed by atoms with Gasteiger partial charge in [-0.05, 0) is 55.0 Å². The zero-order valence-electron chi connectivity index (χ0n) is 15.0. The summed E-state index contributed by atoms with van der Waals surface area (Å²) < 4.78 is 53.8. The van der Waals surface area contributed by atoms with Crippen LogP contribution in [0, 0.1) is 6.92 Å². The van der Waals surface area contributed by atoms with Gasteiger partial charge in [0, 0.05) is 17.8 Å². The zero-order chi connectivity index (χ0) is 19.9. The van der Waals surface area contributed by atoms with Crippen molar-refractivity contribution in [1.29, 1.82) is 0 Å². The number of halogens is 3. The predicted octanol–water partition coefficient (Wildman–Crippen LogP) is 4.88. The molecule has 0 aromatic heterocycles. The van der Waals surface area contributed by atoms with Crippen LogP contribution in [0.1, 0.15) is 11.1 Å². The van der Waals surface area contributed by atoms with E-state index in [4.69, 9.17) is 14.2 Å². The van der Waals surface area contributed by atoms with Gasteiger partial charge in [-0.25, -0.2) is 0 Å². The number of hydrogen-bond donors (Lipinski definition) is 1. The minimum atomic E-state index is -4.37. The smallest absolute Gasteiger partial charge is 0.416 e. The molecule has 1 atom stereocenters. The van der Waals surface area contributed by atoms with E-state index in [9.17, 15) is 18.3 Å². The molecule has 0 aliphatic carbocycles. The molecular weight excluding hydrogens is 381 g/mol. The highest BCUT2D eigenvalue weighted by Gasteiger charge is 2.30. The summed E-state index contributed by atoms with van der Waals surface area (Å²) in [5, 5.41) is 9.58. The molecule has 0 aliphatic heterocycles. The molecule has 0 saturated carbocycles.